The van der Waals surface area contributed by atoms with Crippen LogP contribution in [0.5, 0.6) is 0 Å². The molecule has 0 saturated heterocycles. The van der Waals surface area contributed by atoms with Gasteiger partial charge >= 0.3 is 0 Å². The maximum atomic E-state index is 12.2. The SMILES string of the molecule is CCCC(C)(N)C(=O)Nc1cc(C(=O)N(C)C)ccc1Cl. The van der Waals surface area contributed by atoms with Gasteiger partial charge in [0, 0.05) is 19.7 Å². The summed E-state index contributed by atoms with van der Waals surface area (Å²) in [7, 11) is 3.32. The number of rotatable bonds is 5. The van der Waals surface area contributed by atoms with Gasteiger partial charge in [-0.05, 0) is 31.5 Å². The van der Waals surface area contributed by atoms with Crippen LogP contribution in [0.3, 0.4) is 0 Å². The second-order valence-corrected chi connectivity index (χ2v) is 5.92. The summed E-state index contributed by atoms with van der Waals surface area (Å²) in [5.41, 5.74) is 5.86. The van der Waals surface area contributed by atoms with Gasteiger partial charge in [0.25, 0.3) is 5.91 Å². The van der Waals surface area contributed by atoms with Crippen LogP contribution < -0.4 is 11.1 Å². The Kier molecular flexibility index (Phi) is 5.75. The maximum Gasteiger partial charge on any atom is 0.253 e. The van der Waals surface area contributed by atoms with Crippen molar-refractivity contribution in [3.8, 4) is 0 Å². The van der Waals surface area contributed by atoms with E-state index in [9.17, 15) is 9.59 Å². The summed E-state index contributed by atoms with van der Waals surface area (Å²) >= 11 is 6.07. The van der Waals surface area contributed by atoms with E-state index in [1.54, 1.807) is 39.2 Å². The minimum Gasteiger partial charge on any atom is -0.345 e. The molecule has 1 unspecified atom stereocenters. The number of carbonyl (C=O) groups excluding carboxylic acids is 2. The highest BCUT2D eigenvalue weighted by atomic mass is 35.5. The number of amides is 2. The molecule has 2 amide bonds. The minimum atomic E-state index is -0.973. The molecular formula is C15H22ClN3O2. The molecule has 1 rings (SSSR count). The lowest BCUT2D eigenvalue weighted by molar-refractivity contribution is -0.120. The van der Waals surface area contributed by atoms with Crippen molar-refractivity contribution >= 4 is 29.1 Å². The number of carbonyl (C=O) groups is 2. The zero-order valence-corrected chi connectivity index (χ0v) is 13.6. The molecule has 0 radical (unpaired) electrons. The molecule has 0 fully saturated rings. The van der Waals surface area contributed by atoms with Crippen molar-refractivity contribution in [1.82, 2.24) is 4.90 Å². The molecule has 0 aromatic heterocycles. The Hall–Kier alpha value is -1.59. The van der Waals surface area contributed by atoms with E-state index in [4.69, 9.17) is 17.3 Å². The zero-order chi connectivity index (χ0) is 16.2. The third kappa shape index (κ3) is 4.44. The first-order valence-corrected chi connectivity index (χ1v) is 7.18. The minimum absolute atomic E-state index is 0.161. The van der Waals surface area contributed by atoms with Gasteiger partial charge in [-0.2, -0.15) is 0 Å². The number of anilines is 1. The van der Waals surface area contributed by atoms with Crippen LogP contribution in [0.15, 0.2) is 18.2 Å². The molecule has 3 N–H and O–H groups in total. The van der Waals surface area contributed by atoms with Crippen molar-refractivity contribution in [2.45, 2.75) is 32.2 Å². The van der Waals surface area contributed by atoms with E-state index >= 15 is 0 Å². The maximum absolute atomic E-state index is 12.2. The summed E-state index contributed by atoms with van der Waals surface area (Å²) in [6, 6.07) is 4.76. The molecule has 0 aliphatic heterocycles. The highest BCUT2D eigenvalue weighted by Crippen LogP contribution is 2.25. The first kappa shape index (κ1) is 17.5. The fourth-order valence-corrected chi connectivity index (χ4v) is 2.08. The number of nitrogens with zero attached hydrogens (tertiary/aromatic N) is 1. The van der Waals surface area contributed by atoms with E-state index in [1.165, 1.54) is 4.90 Å². The Morgan fingerprint density at radius 1 is 1.38 bits per heavy atom. The Balaban J connectivity index is 3.01. The molecule has 0 saturated carbocycles. The van der Waals surface area contributed by atoms with Crippen LogP contribution in [-0.2, 0) is 4.79 Å². The van der Waals surface area contributed by atoms with Gasteiger partial charge in [0.05, 0.1) is 16.2 Å². The first-order chi connectivity index (χ1) is 9.69. The monoisotopic (exact) mass is 311 g/mol. The molecule has 116 valence electrons. The average molecular weight is 312 g/mol. The van der Waals surface area contributed by atoms with Gasteiger partial charge in [-0.3, -0.25) is 9.59 Å². The fraction of sp³-hybridized carbons (Fsp3) is 0.467. The smallest absolute Gasteiger partial charge is 0.253 e. The average Bonchev–Trinajstić information content (AvgIpc) is 2.40. The normalized spacial score (nSPS) is 13.4. The molecule has 5 nitrogen and oxygen atoms in total. The summed E-state index contributed by atoms with van der Waals surface area (Å²) in [6.07, 6.45) is 1.36. The van der Waals surface area contributed by atoms with Crippen LogP contribution >= 0.6 is 11.6 Å². The Labute approximate surface area is 130 Å². The lowest BCUT2D eigenvalue weighted by Crippen LogP contribution is -2.48. The number of nitrogens with one attached hydrogen (secondary N) is 1. The number of halogens is 1. The van der Waals surface area contributed by atoms with Gasteiger partial charge in [-0.25, -0.2) is 0 Å². The van der Waals surface area contributed by atoms with Crippen LogP contribution in [-0.4, -0.2) is 36.3 Å². The van der Waals surface area contributed by atoms with Crippen molar-refractivity contribution in [2.24, 2.45) is 5.73 Å². The third-order valence-electron chi connectivity index (χ3n) is 3.16. The summed E-state index contributed by atoms with van der Waals surface area (Å²) in [5.74, 6) is -0.480. The second-order valence-electron chi connectivity index (χ2n) is 5.52. The van der Waals surface area contributed by atoms with Gasteiger partial charge in [0.15, 0.2) is 0 Å². The highest BCUT2D eigenvalue weighted by Gasteiger charge is 2.27. The quantitative estimate of drug-likeness (QED) is 0.877. The van der Waals surface area contributed by atoms with Gasteiger partial charge in [-0.1, -0.05) is 24.9 Å². The predicted octanol–water partition coefficient (Wildman–Crippen LogP) is 2.50. The van der Waals surface area contributed by atoms with Gasteiger partial charge in [0.1, 0.15) is 0 Å². The largest absolute Gasteiger partial charge is 0.345 e. The summed E-state index contributed by atoms with van der Waals surface area (Å²) < 4.78 is 0. The van der Waals surface area contributed by atoms with E-state index < -0.39 is 5.54 Å². The molecule has 1 atom stereocenters. The molecule has 1 aromatic rings. The predicted molar refractivity (Wildman–Crippen MR) is 85.6 cm³/mol. The van der Waals surface area contributed by atoms with Gasteiger partial charge in [-0.15, -0.1) is 0 Å². The molecule has 0 aliphatic rings. The lowest BCUT2D eigenvalue weighted by atomic mass is 9.96. The van der Waals surface area contributed by atoms with Crippen LogP contribution in [0.25, 0.3) is 0 Å². The van der Waals surface area contributed by atoms with Crippen molar-refractivity contribution in [3.63, 3.8) is 0 Å². The van der Waals surface area contributed by atoms with E-state index in [0.29, 0.717) is 22.7 Å². The number of nitrogens with two attached hydrogens (primary N) is 1. The molecule has 6 heteroatoms. The van der Waals surface area contributed by atoms with Crippen molar-refractivity contribution in [2.75, 3.05) is 19.4 Å². The number of benzene rings is 1. The van der Waals surface area contributed by atoms with Crippen LogP contribution in [0, 0.1) is 0 Å². The Morgan fingerprint density at radius 2 is 2.00 bits per heavy atom. The molecule has 0 aliphatic carbocycles. The van der Waals surface area contributed by atoms with Gasteiger partial charge < -0.3 is 16.0 Å². The summed E-state index contributed by atoms with van der Waals surface area (Å²) in [4.78, 5) is 25.6. The topological polar surface area (TPSA) is 75.4 Å². The van der Waals surface area contributed by atoms with E-state index in [1.807, 2.05) is 6.92 Å². The molecule has 0 heterocycles. The van der Waals surface area contributed by atoms with Crippen molar-refractivity contribution < 1.29 is 9.59 Å². The zero-order valence-electron chi connectivity index (χ0n) is 12.9. The summed E-state index contributed by atoms with van der Waals surface area (Å²) in [6.45, 7) is 3.64. The highest BCUT2D eigenvalue weighted by molar-refractivity contribution is 6.34. The van der Waals surface area contributed by atoms with Crippen molar-refractivity contribution in [3.05, 3.63) is 28.8 Å². The first-order valence-electron chi connectivity index (χ1n) is 6.80. The fourth-order valence-electron chi connectivity index (χ4n) is 1.91. The molecule has 21 heavy (non-hydrogen) atoms. The third-order valence-corrected chi connectivity index (χ3v) is 3.49. The van der Waals surface area contributed by atoms with Crippen molar-refractivity contribution in [1.29, 1.82) is 0 Å². The van der Waals surface area contributed by atoms with Crippen LogP contribution in [0.1, 0.15) is 37.0 Å². The molecule has 0 bridgehead atoms. The van der Waals surface area contributed by atoms with Crippen LogP contribution in [0.2, 0.25) is 5.02 Å². The Morgan fingerprint density at radius 3 is 2.52 bits per heavy atom. The number of hydrogen-bond donors (Lipinski definition) is 2. The second kappa shape index (κ2) is 6.91. The molecule has 1 aromatic carbocycles. The number of hydrogen-bond acceptors (Lipinski definition) is 3. The van der Waals surface area contributed by atoms with E-state index in [0.717, 1.165) is 6.42 Å². The van der Waals surface area contributed by atoms with E-state index in [-0.39, 0.29) is 11.8 Å². The summed E-state index contributed by atoms with van der Waals surface area (Å²) in [5, 5.41) is 3.07. The van der Waals surface area contributed by atoms with E-state index in [2.05, 4.69) is 5.32 Å². The standard InChI is InChI=1S/C15H22ClN3O2/c1-5-8-15(2,17)14(21)18-12-9-10(6-7-11(12)16)13(20)19(3)4/h6-7,9H,5,8,17H2,1-4H3,(H,18,21). The molecule has 0 spiro atoms. The lowest BCUT2D eigenvalue weighted by Gasteiger charge is -2.23. The van der Waals surface area contributed by atoms with Crippen LogP contribution in [0.4, 0.5) is 5.69 Å². The molecular weight excluding hydrogens is 290 g/mol. The Bertz CT molecular complexity index is 542. The van der Waals surface area contributed by atoms with Gasteiger partial charge in [0.2, 0.25) is 5.91 Å².